The van der Waals surface area contributed by atoms with E-state index < -0.39 is 5.56 Å². The van der Waals surface area contributed by atoms with Crippen molar-refractivity contribution in [3.05, 3.63) is 45.7 Å². The Balaban J connectivity index is 2.63. The summed E-state index contributed by atoms with van der Waals surface area (Å²) in [6, 6.07) is 8.67. The first kappa shape index (κ1) is 17.3. The number of nitrogens with zero attached hydrogens (tertiary/aromatic N) is 1. The van der Waals surface area contributed by atoms with Crippen molar-refractivity contribution in [1.82, 2.24) is 4.98 Å². The third kappa shape index (κ3) is 3.63. The van der Waals surface area contributed by atoms with Crippen molar-refractivity contribution < 1.29 is 9.53 Å². The molecule has 6 nitrogen and oxygen atoms in total. The quantitative estimate of drug-likeness (QED) is 0.883. The van der Waals surface area contributed by atoms with E-state index in [9.17, 15) is 9.59 Å². The molecule has 0 atom stereocenters. The van der Waals surface area contributed by atoms with Crippen molar-refractivity contribution >= 4 is 11.6 Å². The van der Waals surface area contributed by atoms with Gasteiger partial charge in [0.25, 0.3) is 5.56 Å². The Hall–Kier alpha value is -3.07. The number of anilines is 1. The summed E-state index contributed by atoms with van der Waals surface area (Å²) < 4.78 is 5.45. The van der Waals surface area contributed by atoms with Crippen molar-refractivity contribution in [3.63, 3.8) is 0 Å². The summed E-state index contributed by atoms with van der Waals surface area (Å²) in [5.41, 5.74) is 2.42. The predicted octanol–water partition coefficient (Wildman–Crippen LogP) is 2.83. The first-order valence-electron chi connectivity index (χ1n) is 7.62. The van der Waals surface area contributed by atoms with Gasteiger partial charge in [-0.2, -0.15) is 5.26 Å². The molecule has 6 heteroatoms. The van der Waals surface area contributed by atoms with Crippen LogP contribution in [0.2, 0.25) is 0 Å². The van der Waals surface area contributed by atoms with Crippen molar-refractivity contribution in [2.45, 2.75) is 26.7 Å². The number of methoxy groups -OCH3 is 1. The number of ether oxygens (including phenoxy) is 1. The molecule has 0 bridgehead atoms. The lowest BCUT2D eigenvalue weighted by Gasteiger charge is -2.16. The molecule has 0 unspecified atom stereocenters. The molecule has 0 fully saturated rings. The maximum Gasteiger partial charge on any atom is 0.266 e. The third-order valence-electron chi connectivity index (χ3n) is 3.54. The van der Waals surface area contributed by atoms with Gasteiger partial charge in [0, 0.05) is 18.2 Å². The summed E-state index contributed by atoms with van der Waals surface area (Å²) in [5.74, 6) is 0.410. The second-order valence-electron chi connectivity index (χ2n) is 5.37. The normalized spacial score (nSPS) is 10.1. The van der Waals surface area contributed by atoms with E-state index in [1.807, 2.05) is 19.1 Å². The number of aromatic amines is 1. The zero-order valence-corrected chi connectivity index (χ0v) is 13.9. The Bertz CT molecular complexity index is 863. The van der Waals surface area contributed by atoms with Gasteiger partial charge < -0.3 is 15.0 Å². The van der Waals surface area contributed by atoms with Crippen LogP contribution in [0.25, 0.3) is 11.3 Å². The second-order valence-corrected chi connectivity index (χ2v) is 5.37. The molecular formula is C18H19N3O3. The van der Waals surface area contributed by atoms with Gasteiger partial charge in [-0.3, -0.25) is 9.59 Å². The van der Waals surface area contributed by atoms with Crippen LogP contribution in [0.3, 0.4) is 0 Å². The van der Waals surface area contributed by atoms with Crippen LogP contribution >= 0.6 is 0 Å². The number of aromatic nitrogens is 1. The summed E-state index contributed by atoms with van der Waals surface area (Å²) in [7, 11) is 1.56. The smallest absolute Gasteiger partial charge is 0.266 e. The van der Waals surface area contributed by atoms with E-state index in [0.717, 1.165) is 24.0 Å². The van der Waals surface area contributed by atoms with Crippen LogP contribution in [0, 0.1) is 11.3 Å². The van der Waals surface area contributed by atoms with Gasteiger partial charge in [0.15, 0.2) is 0 Å². The number of carbonyl (C=O) groups excluding carboxylic acids is 1. The van der Waals surface area contributed by atoms with Crippen molar-refractivity contribution in [1.29, 1.82) is 5.26 Å². The van der Waals surface area contributed by atoms with E-state index in [1.54, 1.807) is 19.2 Å². The molecule has 24 heavy (non-hydrogen) atoms. The van der Waals surface area contributed by atoms with Crippen LogP contribution in [-0.4, -0.2) is 18.0 Å². The zero-order valence-electron chi connectivity index (χ0n) is 13.9. The van der Waals surface area contributed by atoms with E-state index in [1.165, 1.54) is 13.0 Å². The highest BCUT2D eigenvalue weighted by Crippen LogP contribution is 2.34. The van der Waals surface area contributed by atoms with Gasteiger partial charge >= 0.3 is 0 Å². The number of carbonyl (C=O) groups is 1. The molecule has 0 saturated heterocycles. The Kier molecular flexibility index (Phi) is 5.38. The van der Waals surface area contributed by atoms with E-state index >= 15 is 0 Å². The fourth-order valence-electron chi connectivity index (χ4n) is 2.55. The number of amides is 1. The van der Waals surface area contributed by atoms with E-state index in [2.05, 4.69) is 10.3 Å². The fourth-order valence-corrected chi connectivity index (χ4v) is 2.55. The average Bonchev–Trinajstić information content (AvgIpc) is 2.54. The number of nitriles is 1. The first-order valence-corrected chi connectivity index (χ1v) is 7.62. The lowest BCUT2D eigenvalue weighted by Crippen LogP contribution is -2.11. The molecule has 1 amide bonds. The molecule has 2 N–H and O–H groups in total. The van der Waals surface area contributed by atoms with Crippen LogP contribution < -0.4 is 15.6 Å². The molecule has 0 aliphatic carbocycles. The summed E-state index contributed by atoms with van der Waals surface area (Å²) in [6.45, 7) is 3.48. The summed E-state index contributed by atoms with van der Waals surface area (Å²) in [5, 5.41) is 11.6. The Morgan fingerprint density at radius 2 is 2.12 bits per heavy atom. The number of aryl methyl sites for hydroxylation is 1. The molecule has 1 aromatic heterocycles. The van der Waals surface area contributed by atoms with Gasteiger partial charge in [-0.15, -0.1) is 0 Å². The van der Waals surface area contributed by atoms with Crippen LogP contribution in [-0.2, 0) is 11.2 Å². The standard InChI is InChI=1S/C18H19N3O3/c1-4-5-12-8-14(9-16(17(12)24-3)20-11(2)22)15-7-6-13(10-19)18(23)21-15/h6-9H,4-5H2,1-3H3,(H,20,22)(H,21,23). The number of pyridine rings is 1. The highest BCUT2D eigenvalue weighted by atomic mass is 16.5. The van der Waals surface area contributed by atoms with Crippen LogP contribution in [0.15, 0.2) is 29.1 Å². The molecule has 0 aliphatic rings. The Morgan fingerprint density at radius 1 is 1.38 bits per heavy atom. The number of rotatable bonds is 5. The molecular weight excluding hydrogens is 306 g/mol. The van der Waals surface area contributed by atoms with Crippen LogP contribution in [0.4, 0.5) is 5.69 Å². The number of hydrogen-bond acceptors (Lipinski definition) is 4. The zero-order chi connectivity index (χ0) is 17.7. The summed E-state index contributed by atoms with van der Waals surface area (Å²) in [4.78, 5) is 26.0. The molecule has 0 aliphatic heterocycles. The molecule has 124 valence electrons. The number of H-pyrrole nitrogens is 1. The van der Waals surface area contributed by atoms with Gasteiger partial charge in [-0.1, -0.05) is 13.3 Å². The fraction of sp³-hybridized carbons (Fsp3) is 0.278. The van der Waals surface area contributed by atoms with E-state index in [0.29, 0.717) is 17.1 Å². The molecule has 0 spiro atoms. The summed E-state index contributed by atoms with van der Waals surface area (Å²) >= 11 is 0. The van der Waals surface area contributed by atoms with Crippen molar-refractivity contribution in [3.8, 4) is 23.1 Å². The van der Waals surface area contributed by atoms with Gasteiger partial charge in [0.2, 0.25) is 5.91 Å². The summed E-state index contributed by atoms with van der Waals surface area (Å²) in [6.07, 6.45) is 1.67. The second kappa shape index (κ2) is 7.47. The molecule has 0 saturated carbocycles. The molecule has 2 aromatic rings. The van der Waals surface area contributed by atoms with Gasteiger partial charge in [0.05, 0.1) is 12.8 Å². The minimum atomic E-state index is -0.441. The lowest BCUT2D eigenvalue weighted by atomic mass is 10.0. The van der Waals surface area contributed by atoms with Crippen molar-refractivity contribution in [2.24, 2.45) is 0 Å². The highest BCUT2D eigenvalue weighted by Gasteiger charge is 2.14. The minimum Gasteiger partial charge on any atom is -0.494 e. The average molecular weight is 325 g/mol. The largest absolute Gasteiger partial charge is 0.494 e. The van der Waals surface area contributed by atoms with Gasteiger partial charge in [0.1, 0.15) is 17.4 Å². The SMILES string of the molecule is CCCc1cc(-c2ccc(C#N)c(=O)[nH]2)cc(NC(C)=O)c1OC. The number of nitrogens with one attached hydrogen (secondary N) is 2. The minimum absolute atomic E-state index is 0.0585. The Morgan fingerprint density at radius 3 is 2.67 bits per heavy atom. The maximum atomic E-state index is 11.9. The lowest BCUT2D eigenvalue weighted by molar-refractivity contribution is -0.114. The number of hydrogen-bond donors (Lipinski definition) is 2. The molecule has 1 heterocycles. The maximum absolute atomic E-state index is 11.9. The van der Waals surface area contributed by atoms with E-state index in [4.69, 9.17) is 10.00 Å². The van der Waals surface area contributed by atoms with Gasteiger partial charge in [-0.25, -0.2) is 0 Å². The van der Waals surface area contributed by atoms with Crippen LogP contribution in [0.1, 0.15) is 31.4 Å². The molecule has 2 rings (SSSR count). The topological polar surface area (TPSA) is 95.0 Å². The predicted molar refractivity (Wildman–Crippen MR) is 92.1 cm³/mol. The van der Waals surface area contributed by atoms with Crippen molar-refractivity contribution in [2.75, 3.05) is 12.4 Å². The Labute approximate surface area is 140 Å². The monoisotopic (exact) mass is 325 g/mol. The van der Waals surface area contributed by atoms with Gasteiger partial charge in [-0.05, 0) is 36.2 Å². The van der Waals surface area contributed by atoms with Crippen LogP contribution in [0.5, 0.6) is 5.75 Å². The molecule has 1 aromatic carbocycles. The highest BCUT2D eigenvalue weighted by molar-refractivity contribution is 5.92. The number of benzene rings is 1. The first-order chi connectivity index (χ1) is 11.5. The third-order valence-corrected chi connectivity index (χ3v) is 3.54. The molecule has 0 radical (unpaired) electrons. The van der Waals surface area contributed by atoms with E-state index in [-0.39, 0.29) is 11.5 Å².